The standard InChI is InChI=1S/C44H78O4S4/c1-19-30(4)31(5)22-23-43(17,51-39(13)47)33(7)20-21-34(8)44(18,52-40(14)48)25-24-41(15,29(2)3)28-42(16,35(9)27-49-37(11)45)26-32(6)36(10)50-38(12)46/h32-36H,2,19-28H2,1,3-18H3/b31-30+. The number of thioether (sulfide) groups is 4. The summed E-state index contributed by atoms with van der Waals surface area (Å²) in [5.41, 5.74) is 3.77. The molecule has 52 heavy (non-hydrogen) atoms. The van der Waals surface area contributed by atoms with Gasteiger partial charge in [-0.05, 0) is 127 Å². The first-order valence-corrected chi connectivity index (χ1v) is 23.2. The molecule has 0 aliphatic heterocycles. The topological polar surface area (TPSA) is 68.3 Å². The second-order valence-electron chi connectivity index (χ2n) is 17.5. The average Bonchev–Trinajstić information content (AvgIpc) is 3.02. The van der Waals surface area contributed by atoms with Crippen LogP contribution in [0.2, 0.25) is 0 Å². The van der Waals surface area contributed by atoms with Crippen molar-refractivity contribution in [3.8, 4) is 0 Å². The molecule has 4 nitrogen and oxygen atoms in total. The lowest BCUT2D eigenvalue weighted by molar-refractivity contribution is -0.110. The Kier molecular flexibility index (Phi) is 22.8. The third-order valence-corrected chi connectivity index (χ3v) is 17.8. The zero-order valence-electron chi connectivity index (χ0n) is 36.4. The molecule has 0 heterocycles. The molecule has 0 amide bonds. The molecule has 8 heteroatoms. The molecule has 0 saturated carbocycles. The van der Waals surface area contributed by atoms with Gasteiger partial charge in [-0.15, -0.1) is 0 Å². The van der Waals surface area contributed by atoms with E-state index in [0.717, 1.165) is 69.1 Å². The number of hydrogen-bond acceptors (Lipinski definition) is 8. The Morgan fingerprint density at radius 2 is 1.12 bits per heavy atom. The molecular formula is C44H78O4S4. The van der Waals surface area contributed by atoms with Crippen LogP contribution in [0.1, 0.15) is 175 Å². The highest BCUT2D eigenvalue weighted by Gasteiger charge is 2.44. The quantitative estimate of drug-likeness (QED) is 0.0895. The fraction of sp³-hybridized carbons (Fsp3) is 0.818. The van der Waals surface area contributed by atoms with Gasteiger partial charge in [0.05, 0.1) is 0 Å². The van der Waals surface area contributed by atoms with Crippen LogP contribution in [0.4, 0.5) is 0 Å². The predicted molar refractivity (Wildman–Crippen MR) is 238 cm³/mol. The van der Waals surface area contributed by atoms with Crippen LogP contribution in [0.25, 0.3) is 0 Å². The molecule has 0 spiro atoms. The van der Waals surface area contributed by atoms with E-state index in [1.165, 1.54) is 58.2 Å². The van der Waals surface area contributed by atoms with Gasteiger partial charge in [0.25, 0.3) is 0 Å². The van der Waals surface area contributed by atoms with Crippen LogP contribution < -0.4 is 0 Å². The molecule has 0 aromatic rings. The summed E-state index contributed by atoms with van der Waals surface area (Å²) in [6.45, 7) is 40.6. The van der Waals surface area contributed by atoms with E-state index in [0.29, 0.717) is 11.8 Å². The van der Waals surface area contributed by atoms with Crippen molar-refractivity contribution < 1.29 is 19.2 Å². The van der Waals surface area contributed by atoms with Gasteiger partial charge in [0.1, 0.15) is 0 Å². The molecule has 0 rings (SSSR count). The first kappa shape index (κ1) is 51.6. The zero-order valence-corrected chi connectivity index (χ0v) is 39.7. The van der Waals surface area contributed by atoms with Gasteiger partial charge >= 0.3 is 0 Å². The van der Waals surface area contributed by atoms with Crippen LogP contribution >= 0.6 is 47.0 Å². The summed E-state index contributed by atoms with van der Waals surface area (Å²) in [4.78, 5) is 49.3. The lowest BCUT2D eigenvalue weighted by Crippen LogP contribution is -2.39. The molecule has 0 aliphatic carbocycles. The largest absolute Gasteiger partial charge is 0.288 e. The van der Waals surface area contributed by atoms with Crippen LogP contribution in [-0.2, 0) is 19.2 Å². The van der Waals surface area contributed by atoms with Crippen molar-refractivity contribution in [2.24, 2.45) is 34.5 Å². The first-order chi connectivity index (χ1) is 23.7. The summed E-state index contributed by atoms with van der Waals surface area (Å²) >= 11 is 5.84. The number of carbonyl (C=O) groups excluding carboxylic acids is 4. The monoisotopic (exact) mass is 798 g/mol. The second kappa shape index (κ2) is 23.0. The molecule has 0 fully saturated rings. The number of allylic oxidation sites excluding steroid dienone is 3. The van der Waals surface area contributed by atoms with E-state index in [2.05, 4.69) is 96.6 Å². The predicted octanol–water partition coefficient (Wildman–Crippen LogP) is 14.0. The van der Waals surface area contributed by atoms with Gasteiger partial charge in [0.2, 0.25) is 0 Å². The minimum atomic E-state index is -0.254. The molecule has 9 unspecified atom stereocenters. The maximum Gasteiger partial charge on any atom is 0.186 e. The lowest BCUT2D eigenvalue weighted by atomic mass is 9.60. The van der Waals surface area contributed by atoms with E-state index < -0.39 is 0 Å². The van der Waals surface area contributed by atoms with Gasteiger partial charge in [-0.2, -0.15) is 0 Å². The van der Waals surface area contributed by atoms with Crippen molar-refractivity contribution in [1.82, 2.24) is 0 Å². The van der Waals surface area contributed by atoms with Crippen molar-refractivity contribution in [1.29, 1.82) is 0 Å². The summed E-state index contributed by atoms with van der Waals surface area (Å²) in [6.07, 6.45) is 8.69. The van der Waals surface area contributed by atoms with Crippen LogP contribution in [0, 0.1) is 34.5 Å². The Hall–Kier alpha value is -0.440. The average molecular weight is 799 g/mol. The van der Waals surface area contributed by atoms with Crippen LogP contribution in [-0.4, -0.2) is 41.0 Å². The van der Waals surface area contributed by atoms with Crippen LogP contribution in [0.3, 0.4) is 0 Å². The molecule has 0 aliphatic rings. The zero-order chi connectivity index (χ0) is 40.8. The van der Waals surface area contributed by atoms with E-state index in [-0.39, 0.29) is 57.9 Å². The van der Waals surface area contributed by atoms with E-state index in [4.69, 9.17) is 0 Å². The van der Waals surface area contributed by atoms with Crippen molar-refractivity contribution in [2.45, 2.75) is 190 Å². The Bertz CT molecular complexity index is 1240. The van der Waals surface area contributed by atoms with E-state index >= 15 is 0 Å². The third kappa shape index (κ3) is 17.6. The van der Waals surface area contributed by atoms with Crippen molar-refractivity contribution in [3.63, 3.8) is 0 Å². The van der Waals surface area contributed by atoms with Crippen molar-refractivity contribution in [3.05, 3.63) is 23.3 Å². The molecule has 0 bridgehead atoms. The SMILES string of the molecule is C=C(C)C(C)(CCC(C)(SC(C)=O)C(C)CCC(C)C(C)(CC/C(C)=C(\C)CC)SC(C)=O)CC(C)(CC(C)C(C)SC(C)=O)C(C)CSC(C)=O. The highest BCUT2D eigenvalue weighted by Crippen LogP contribution is 2.53. The maximum atomic E-state index is 12.8. The molecule has 0 aromatic carbocycles. The first-order valence-electron chi connectivity index (χ1n) is 19.7. The lowest BCUT2D eigenvalue weighted by Gasteiger charge is -2.47. The minimum Gasteiger partial charge on any atom is -0.288 e. The van der Waals surface area contributed by atoms with E-state index in [1.54, 1.807) is 27.7 Å². The normalized spacial score (nSPS) is 20.1. The summed E-state index contributed by atoms with van der Waals surface area (Å²) in [5.74, 6) is 1.99. The Balaban J connectivity index is 6.38. The summed E-state index contributed by atoms with van der Waals surface area (Å²) < 4.78 is -0.404. The molecule has 9 atom stereocenters. The second-order valence-corrected chi connectivity index (χ2v) is 23.7. The highest BCUT2D eigenvalue weighted by molar-refractivity contribution is 8.15. The van der Waals surface area contributed by atoms with E-state index in [1.807, 2.05) is 0 Å². The fourth-order valence-electron chi connectivity index (χ4n) is 7.55. The smallest absolute Gasteiger partial charge is 0.186 e. The van der Waals surface area contributed by atoms with Crippen molar-refractivity contribution in [2.75, 3.05) is 5.75 Å². The molecule has 0 aromatic heterocycles. The van der Waals surface area contributed by atoms with Crippen LogP contribution in [0.5, 0.6) is 0 Å². The van der Waals surface area contributed by atoms with Gasteiger partial charge < -0.3 is 0 Å². The Morgan fingerprint density at radius 1 is 0.635 bits per heavy atom. The number of hydrogen-bond donors (Lipinski definition) is 0. The molecule has 302 valence electrons. The Morgan fingerprint density at radius 3 is 1.52 bits per heavy atom. The Labute approximate surface area is 338 Å². The molecule has 0 saturated heterocycles. The third-order valence-electron chi connectivity index (χ3n) is 12.8. The van der Waals surface area contributed by atoms with E-state index in [9.17, 15) is 19.2 Å². The minimum absolute atomic E-state index is 0.0889. The molecular weight excluding hydrogens is 721 g/mol. The van der Waals surface area contributed by atoms with Gasteiger partial charge in [-0.25, -0.2) is 0 Å². The van der Waals surface area contributed by atoms with Crippen LogP contribution in [0.15, 0.2) is 23.3 Å². The molecule has 0 radical (unpaired) electrons. The number of rotatable bonds is 24. The highest BCUT2D eigenvalue weighted by atomic mass is 32.2. The molecule has 0 N–H and O–H groups in total. The maximum absolute atomic E-state index is 12.8. The summed E-state index contributed by atoms with van der Waals surface area (Å²) in [7, 11) is 0. The van der Waals surface area contributed by atoms with Gasteiger partial charge in [-0.3, -0.25) is 19.2 Å². The van der Waals surface area contributed by atoms with Gasteiger partial charge in [0, 0.05) is 48.2 Å². The van der Waals surface area contributed by atoms with Crippen molar-refractivity contribution >= 4 is 67.5 Å². The van der Waals surface area contributed by atoms with Gasteiger partial charge in [-0.1, -0.05) is 126 Å². The summed E-state index contributed by atoms with van der Waals surface area (Å²) in [6, 6.07) is 0. The fourth-order valence-corrected chi connectivity index (χ4v) is 11.7. The number of carbonyl (C=O) groups is 4. The summed E-state index contributed by atoms with van der Waals surface area (Å²) in [5, 5.41) is 0.820. The van der Waals surface area contributed by atoms with Gasteiger partial charge in [0.15, 0.2) is 20.5 Å².